The zero-order valence-electron chi connectivity index (χ0n) is 8.96. The van der Waals surface area contributed by atoms with Gasteiger partial charge in [-0.15, -0.1) is 0 Å². The Hall–Kier alpha value is -1.92. The molecule has 0 aliphatic rings. The van der Waals surface area contributed by atoms with Gasteiger partial charge >= 0.3 is 6.18 Å². The van der Waals surface area contributed by atoms with Gasteiger partial charge in [-0.2, -0.15) is 13.2 Å². The summed E-state index contributed by atoms with van der Waals surface area (Å²) in [6.07, 6.45) is -4.94. The van der Waals surface area contributed by atoms with Crippen LogP contribution in [0, 0.1) is 17.0 Å². The molecule has 0 aliphatic carbocycles. The van der Waals surface area contributed by atoms with Gasteiger partial charge in [0.25, 0.3) is 5.69 Å². The maximum Gasteiger partial charge on any atom is 0.423 e. The first-order valence-electron chi connectivity index (χ1n) is 4.52. The van der Waals surface area contributed by atoms with E-state index in [0.29, 0.717) is 0 Å². The van der Waals surface area contributed by atoms with Gasteiger partial charge in [0.15, 0.2) is 5.78 Å². The van der Waals surface area contributed by atoms with E-state index in [9.17, 15) is 28.1 Å². The number of carbonyl (C=O) groups excluding carboxylic acids is 1. The van der Waals surface area contributed by atoms with Crippen molar-refractivity contribution in [1.29, 1.82) is 0 Å². The molecular weight excluding hydrogens is 239 g/mol. The maximum absolute atomic E-state index is 12.8. The van der Waals surface area contributed by atoms with Crippen LogP contribution in [0.2, 0.25) is 0 Å². The van der Waals surface area contributed by atoms with E-state index < -0.39 is 33.7 Å². The van der Waals surface area contributed by atoms with Crippen LogP contribution < -0.4 is 0 Å². The smallest absolute Gasteiger partial charge is 0.294 e. The lowest BCUT2D eigenvalue weighted by Crippen LogP contribution is -2.15. The van der Waals surface area contributed by atoms with Gasteiger partial charge in [-0.1, -0.05) is 12.1 Å². The number of halogens is 3. The Morgan fingerprint density at radius 2 is 1.88 bits per heavy atom. The summed E-state index contributed by atoms with van der Waals surface area (Å²) >= 11 is 0. The van der Waals surface area contributed by atoms with Gasteiger partial charge in [0.05, 0.1) is 4.92 Å². The Bertz CT molecular complexity index is 494. The van der Waals surface area contributed by atoms with E-state index in [1.165, 1.54) is 6.92 Å². The van der Waals surface area contributed by atoms with Crippen molar-refractivity contribution in [2.45, 2.75) is 20.0 Å². The van der Waals surface area contributed by atoms with E-state index in [2.05, 4.69) is 0 Å². The standard InChI is InChI=1S/C10H8F3NO3/c1-5-3-4-7(6(2)15)8(10(11,12)13)9(5)14(16)17/h3-4H,1-2H3. The van der Waals surface area contributed by atoms with Crippen molar-refractivity contribution < 1.29 is 22.9 Å². The Labute approximate surface area is 94.2 Å². The number of benzene rings is 1. The Balaban J connectivity index is 3.75. The van der Waals surface area contributed by atoms with E-state index >= 15 is 0 Å². The number of hydrogen-bond acceptors (Lipinski definition) is 3. The number of alkyl halides is 3. The molecule has 0 N–H and O–H groups in total. The third-order valence-corrected chi connectivity index (χ3v) is 2.23. The SMILES string of the molecule is CC(=O)c1ccc(C)c([N+](=O)[O-])c1C(F)(F)F. The highest BCUT2D eigenvalue weighted by molar-refractivity contribution is 5.97. The summed E-state index contributed by atoms with van der Waals surface area (Å²) in [6.45, 7) is 2.13. The molecule has 1 aromatic carbocycles. The number of carbonyl (C=O) groups is 1. The summed E-state index contributed by atoms with van der Waals surface area (Å²) < 4.78 is 38.3. The van der Waals surface area contributed by atoms with E-state index in [1.807, 2.05) is 0 Å². The van der Waals surface area contributed by atoms with Crippen LogP contribution in [0.25, 0.3) is 0 Å². The van der Waals surface area contributed by atoms with Crippen molar-refractivity contribution in [3.05, 3.63) is 38.9 Å². The predicted octanol–water partition coefficient (Wildman–Crippen LogP) is 3.12. The second kappa shape index (κ2) is 4.15. The first kappa shape index (κ1) is 13.1. The summed E-state index contributed by atoms with van der Waals surface area (Å²) in [5.74, 6) is -0.861. The molecule has 0 aliphatic heterocycles. The molecule has 1 rings (SSSR count). The molecule has 4 nitrogen and oxygen atoms in total. The molecule has 7 heteroatoms. The van der Waals surface area contributed by atoms with Gasteiger partial charge in [-0.3, -0.25) is 14.9 Å². The van der Waals surface area contributed by atoms with Crippen molar-refractivity contribution in [2.75, 3.05) is 0 Å². The average molecular weight is 247 g/mol. The van der Waals surface area contributed by atoms with E-state index in [0.717, 1.165) is 19.1 Å². The maximum atomic E-state index is 12.8. The van der Waals surface area contributed by atoms with Crippen molar-refractivity contribution >= 4 is 11.5 Å². The minimum Gasteiger partial charge on any atom is -0.294 e. The number of aryl methyl sites for hydroxylation is 1. The van der Waals surface area contributed by atoms with E-state index in [-0.39, 0.29) is 5.56 Å². The van der Waals surface area contributed by atoms with Crippen LogP contribution in [0.1, 0.15) is 28.4 Å². The second-order valence-corrected chi connectivity index (χ2v) is 3.46. The normalized spacial score (nSPS) is 11.4. The number of nitrogens with zero attached hydrogens (tertiary/aromatic N) is 1. The topological polar surface area (TPSA) is 60.2 Å². The molecule has 0 spiro atoms. The fourth-order valence-electron chi connectivity index (χ4n) is 1.51. The van der Waals surface area contributed by atoms with Gasteiger partial charge in [-0.05, 0) is 13.8 Å². The lowest BCUT2D eigenvalue weighted by molar-refractivity contribution is -0.388. The molecular formula is C10H8F3NO3. The molecule has 0 saturated heterocycles. The molecule has 0 atom stereocenters. The summed E-state index contributed by atoms with van der Waals surface area (Å²) in [6, 6.07) is 2.08. The predicted molar refractivity (Wildman–Crippen MR) is 52.8 cm³/mol. The molecule has 0 aromatic heterocycles. The minimum atomic E-state index is -4.94. The molecule has 92 valence electrons. The summed E-state index contributed by atoms with van der Waals surface area (Å²) in [5, 5.41) is 10.7. The van der Waals surface area contributed by atoms with Crippen molar-refractivity contribution in [3.63, 3.8) is 0 Å². The molecule has 0 amide bonds. The number of rotatable bonds is 2. The van der Waals surface area contributed by atoms with Crippen molar-refractivity contribution in [3.8, 4) is 0 Å². The number of nitro groups is 1. The largest absolute Gasteiger partial charge is 0.423 e. The summed E-state index contributed by atoms with van der Waals surface area (Å²) in [7, 11) is 0. The summed E-state index contributed by atoms with van der Waals surface area (Å²) in [4.78, 5) is 20.6. The zero-order valence-corrected chi connectivity index (χ0v) is 8.96. The molecule has 0 heterocycles. The first-order chi connectivity index (χ1) is 7.66. The van der Waals surface area contributed by atoms with E-state index in [1.54, 1.807) is 0 Å². The lowest BCUT2D eigenvalue weighted by Gasteiger charge is -2.12. The van der Waals surface area contributed by atoms with Gasteiger partial charge in [-0.25, -0.2) is 0 Å². The van der Waals surface area contributed by atoms with Crippen LogP contribution in [-0.2, 0) is 6.18 Å². The fraction of sp³-hybridized carbons (Fsp3) is 0.300. The van der Waals surface area contributed by atoms with Crippen molar-refractivity contribution in [1.82, 2.24) is 0 Å². The second-order valence-electron chi connectivity index (χ2n) is 3.46. The molecule has 1 aromatic rings. The minimum absolute atomic E-state index is 0.132. The summed E-state index contributed by atoms with van der Waals surface area (Å²) in [5.41, 5.74) is -3.36. The third kappa shape index (κ3) is 2.43. The van der Waals surface area contributed by atoms with Gasteiger partial charge < -0.3 is 0 Å². The number of hydrogen-bond donors (Lipinski definition) is 0. The molecule has 17 heavy (non-hydrogen) atoms. The Kier molecular flexibility index (Phi) is 3.21. The molecule has 0 saturated carbocycles. The highest BCUT2D eigenvalue weighted by Gasteiger charge is 2.42. The highest BCUT2D eigenvalue weighted by atomic mass is 19.4. The molecule has 0 bridgehead atoms. The van der Waals surface area contributed by atoms with Gasteiger partial charge in [0.1, 0.15) is 5.56 Å². The van der Waals surface area contributed by atoms with Crippen LogP contribution >= 0.6 is 0 Å². The zero-order chi connectivity index (χ0) is 13.4. The van der Waals surface area contributed by atoms with Crippen LogP contribution in [-0.4, -0.2) is 10.7 Å². The average Bonchev–Trinajstić information content (AvgIpc) is 2.14. The fourth-order valence-corrected chi connectivity index (χ4v) is 1.51. The van der Waals surface area contributed by atoms with Crippen LogP contribution in [0.15, 0.2) is 12.1 Å². The number of ketones is 1. The lowest BCUT2D eigenvalue weighted by atomic mass is 9.98. The highest BCUT2D eigenvalue weighted by Crippen LogP contribution is 2.40. The molecule has 0 unspecified atom stereocenters. The third-order valence-electron chi connectivity index (χ3n) is 2.23. The van der Waals surface area contributed by atoms with E-state index in [4.69, 9.17) is 0 Å². The number of nitro benzene ring substituents is 1. The molecule has 0 fully saturated rings. The van der Waals surface area contributed by atoms with Crippen molar-refractivity contribution in [2.24, 2.45) is 0 Å². The van der Waals surface area contributed by atoms with Gasteiger partial charge in [0, 0.05) is 11.1 Å². The van der Waals surface area contributed by atoms with Crippen LogP contribution in [0.5, 0.6) is 0 Å². The van der Waals surface area contributed by atoms with Crippen LogP contribution in [0.3, 0.4) is 0 Å². The van der Waals surface area contributed by atoms with Crippen LogP contribution in [0.4, 0.5) is 18.9 Å². The van der Waals surface area contributed by atoms with Gasteiger partial charge in [0.2, 0.25) is 0 Å². The Morgan fingerprint density at radius 3 is 2.24 bits per heavy atom. The number of Topliss-reactive ketones (excluding diaryl/α,β-unsaturated/α-hetero) is 1. The monoisotopic (exact) mass is 247 g/mol. The molecule has 0 radical (unpaired) electrons. The Morgan fingerprint density at radius 1 is 1.35 bits per heavy atom. The first-order valence-corrected chi connectivity index (χ1v) is 4.52. The quantitative estimate of drug-likeness (QED) is 0.458.